The highest BCUT2D eigenvalue weighted by Gasteiger charge is 2.26. The Bertz CT molecular complexity index is 860. The lowest BCUT2D eigenvalue weighted by Crippen LogP contribution is -2.32. The van der Waals surface area contributed by atoms with Crippen LogP contribution >= 0.6 is 0 Å². The van der Waals surface area contributed by atoms with Crippen molar-refractivity contribution in [2.75, 3.05) is 13.7 Å². The molecule has 1 aromatic carbocycles. The molecule has 0 fully saturated rings. The number of aromatic nitrogens is 1. The molecule has 0 saturated heterocycles. The monoisotopic (exact) mass is 367 g/mol. The molecular weight excluding hydrogens is 342 g/mol. The quantitative estimate of drug-likeness (QED) is 0.758. The van der Waals surface area contributed by atoms with Gasteiger partial charge in [-0.1, -0.05) is 26.0 Å². The van der Waals surface area contributed by atoms with Gasteiger partial charge in [-0.2, -0.15) is 5.26 Å². The van der Waals surface area contributed by atoms with E-state index in [-0.39, 0.29) is 5.91 Å². The Morgan fingerprint density at radius 2 is 1.89 bits per heavy atom. The van der Waals surface area contributed by atoms with Crippen LogP contribution in [0.4, 0.5) is 0 Å². The summed E-state index contributed by atoms with van der Waals surface area (Å²) >= 11 is 0. The lowest BCUT2D eigenvalue weighted by atomic mass is 10.1. The fourth-order valence-corrected chi connectivity index (χ4v) is 3.10. The van der Waals surface area contributed by atoms with Gasteiger partial charge in [0.05, 0.1) is 24.3 Å². The summed E-state index contributed by atoms with van der Waals surface area (Å²) < 4.78 is 4.87. The van der Waals surface area contributed by atoms with Crippen molar-refractivity contribution in [3.8, 4) is 6.07 Å². The number of methoxy groups -OCH3 is 1. The molecule has 142 valence electrons. The van der Waals surface area contributed by atoms with E-state index in [1.807, 2.05) is 26.0 Å². The predicted octanol–water partition coefficient (Wildman–Crippen LogP) is 3.60. The van der Waals surface area contributed by atoms with E-state index in [0.29, 0.717) is 47.6 Å². The van der Waals surface area contributed by atoms with Crippen molar-refractivity contribution < 1.29 is 14.3 Å². The second-order valence-electron chi connectivity index (χ2n) is 6.36. The molecule has 0 radical (unpaired) electrons. The summed E-state index contributed by atoms with van der Waals surface area (Å²) in [6.45, 7) is 6.73. The summed E-state index contributed by atoms with van der Waals surface area (Å²) in [5, 5.41) is 8.92. The number of nitrogens with one attached hydrogen (secondary N) is 1. The Labute approximate surface area is 159 Å². The molecule has 6 heteroatoms. The highest BCUT2D eigenvalue weighted by atomic mass is 16.5. The number of aromatic amines is 1. The summed E-state index contributed by atoms with van der Waals surface area (Å²) in [4.78, 5) is 30.1. The summed E-state index contributed by atoms with van der Waals surface area (Å²) in [6, 6.07) is 9.29. The van der Waals surface area contributed by atoms with Gasteiger partial charge in [-0.15, -0.1) is 0 Å². The molecule has 0 saturated carbocycles. The Morgan fingerprint density at radius 1 is 1.22 bits per heavy atom. The van der Waals surface area contributed by atoms with Crippen LogP contribution in [0.5, 0.6) is 0 Å². The molecule has 0 aliphatic carbocycles. The van der Waals surface area contributed by atoms with Gasteiger partial charge in [-0.05, 0) is 43.0 Å². The number of carbonyl (C=O) groups is 2. The smallest absolute Gasteiger partial charge is 0.339 e. The van der Waals surface area contributed by atoms with Gasteiger partial charge in [0.15, 0.2) is 0 Å². The summed E-state index contributed by atoms with van der Waals surface area (Å²) in [5.41, 5.74) is 3.72. The lowest BCUT2D eigenvalue weighted by Gasteiger charge is -2.22. The molecule has 2 aromatic rings. The van der Waals surface area contributed by atoms with Crippen molar-refractivity contribution in [1.82, 2.24) is 9.88 Å². The van der Waals surface area contributed by atoms with Gasteiger partial charge >= 0.3 is 5.97 Å². The van der Waals surface area contributed by atoms with E-state index in [2.05, 4.69) is 11.1 Å². The maximum absolute atomic E-state index is 13.2. The van der Waals surface area contributed by atoms with E-state index in [4.69, 9.17) is 10.00 Å². The fourth-order valence-electron chi connectivity index (χ4n) is 3.10. The summed E-state index contributed by atoms with van der Waals surface area (Å²) in [6.07, 6.45) is 1.41. The molecule has 0 aliphatic rings. The number of rotatable bonds is 7. The molecule has 1 heterocycles. The highest BCUT2D eigenvalue weighted by molar-refractivity contribution is 6.00. The van der Waals surface area contributed by atoms with Crippen molar-refractivity contribution in [2.45, 2.75) is 40.2 Å². The van der Waals surface area contributed by atoms with Crippen LogP contribution in [0.15, 0.2) is 24.3 Å². The number of carbonyl (C=O) groups excluding carboxylic acids is 2. The third-order valence-corrected chi connectivity index (χ3v) is 4.52. The number of nitrogens with zero attached hydrogens (tertiary/aromatic N) is 2. The van der Waals surface area contributed by atoms with Crippen LogP contribution in [0.2, 0.25) is 0 Å². The summed E-state index contributed by atoms with van der Waals surface area (Å²) in [5.74, 6) is -0.586. The van der Waals surface area contributed by atoms with Crippen molar-refractivity contribution in [3.63, 3.8) is 0 Å². The molecule has 2 rings (SSSR count). The minimum atomic E-state index is -0.436. The number of aryl methyl sites for hydroxylation is 1. The molecule has 0 aliphatic heterocycles. The SMILES string of the molecule is CCCN(Cc1ccc(C#N)cc1)C(=O)c1[nH]c(CC)c(C(=O)OC)c1C. The van der Waals surface area contributed by atoms with Crippen LogP contribution < -0.4 is 0 Å². The first-order valence-electron chi connectivity index (χ1n) is 9.04. The van der Waals surface area contributed by atoms with Crippen LogP contribution in [0.3, 0.4) is 0 Å². The number of benzene rings is 1. The van der Waals surface area contributed by atoms with E-state index < -0.39 is 5.97 Å². The average Bonchev–Trinajstić information content (AvgIpc) is 3.03. The number of ether oxygens (including phenoxy) is 1. The molecular formula is C21H25N3O3. The maximum Gasteiger partial charge on any atom is 0.339 e. The summed E-state index contributed by atoms with van der Waals surface area (Å²) in [7, 11) is 1.34. The zero-order chi connectivity index (χ0) is 20.0. The largest absolute Gasteiger partial charge is 0.465 e. The second-order valence-corrected chi connectivity index (χ2v) is 6.36. The molecule has 1 aromatic heterocycles. The standard InChI is InChI=1S/C21H25N3O3/c1-5-11-24(13-16-9-7-15(12-22)8-10-16)20(25)19-14(3)18(21(26)27-4)17(6-2)23-19/h7-10,23H,5-6,11,13H2,1-4H3. The van der Waals surface area contributed by atoms with Gasteiger partial charge in [0.1, 0.15) is 5.69 Å². The van der Waals surface area contributed by atoms with E-state index in [9.17, 15) is 9.59 Å². The van der Waals surface area contributed by atoms with Crippen LogP contribution in [0.1, 0.15) is 63.5 Å². The van der Waals surface area contributed by atoms with Gasteiger partial charge in [-0.25, -0.2) is 4.79 Å². The van der Waals surface area contributed by atoms with Gasteiger partial charge in [0.25, 0.3) is 5.91 Å². The maximum atomic E-state index is 13.2. The third-order valence-electron chi connectivity index (χ3n) is 4.52. The topological polar surface area (TPSA) is 86.2 Å². The minimum absolute atomic E-state index is 0.149. The van der Waals surface area contributed by atoms with E-state index in [0.717, 1.165) is 12.0 Å². The van der Waals surface area contributed by atoms with E-state index >= 15 is 0 Å². The number of esters is 1. The Hall–Kier alpha value is -3.07. The number of hydrogen-bond donors (Lipinski definition) is 1. The third kappa shape index (κ3) is 4.37. The lowest BCUT2D eigenvalue weighted by molar-refractivity contribution is 0.0599. The van der Waals surface area contributed by atoms with E-state index in [1.165, 1.54) is 7.11 Å². The number of amides is 1. The van der Waals surface area contributed by atoms with Gasteiger partial charge in [0.2, 0.25) is 0 Å². The molecule has 6 nitrogen and oxygen atoms in total. The van der Waals surface area contributed by atoms with Gasteiger partial charge in [0, 0.05) is 18.8 Å². The zero-order valence-electron chi connectivity index (χ0n) is 16.3. The molecule has 0 spiro atoms. The van der Waals surface area contributed by atoms with E-state index in [1.54, 1.807) is 24.0 Å². The number of H-pyrrole nitrogens is 1. The van der Waals surface area contributed by atoms with Crippen LogP contribution in [-0.2, 0) is 17.7 Å². The Kier molecular flexibility index (Phi) is 6.78. The molecule has 0 bridgehead atoms. The normalized spacial score (nSPS) is 10.3. The van der Waals surface area contributed by atoms with Crippen LogP contribution in [-0.4, -0.2) is 35.4 Å². The first-order chi connectivity index (χ1) is 13.0. The number of hydrogen-bond acceptors (Lipinski definition) is 4. The molecule has 0 unspecified atom stereocenters. The van der Waals surface area contributed by atoms with Crippen molar-refractivity contribution in [1.29, 1.82) is 5.26 Å². The van der Waals surface area contributed by atoms with Crippen LogP contribution in [0.25, 0.3) is 0 Å². The first kappa shape index (κ1) is 20.2. The van der Waals surface area contributed by atoms with Crippen molar-refractivity contribution in [3.05, 3.63) is 57.9 Å². The molecule has 0 atom stereocenters. The number of nitriles is 1. The van der Waals surface area contributed by atoms with Crippen molar-refractivity contribution >= 4 is 11.9 Å². The molecule has 1 amide bonds. The predicted molar refractivity (Wildman–Crippen MR) is 102 cm³/mol. The Morgan fingerprint density at radius 3 is 2.41 bits per heavy atom. The molecule has 27 heavy (non-hydrogen) atoms. The average molecular weight is 367 g/mol. The highest BCUT2D eigenvalue weighted by Crippen LogP contribution is 2.22. The van der Waals surface area contributed by atoms with Crippen molar-refractivity contribution in [2.24, 2.45) is 0 Å². The molecule has 1 N–H and O–H groups in total. The first-order valence-corrected chi connectivity index (χ1v) is 9.04. The van der Waals surface area contributed by atoms with Gasteiger partial charge in [-0.3, -0.25) is 4.79 Å². The second kappa shape index (κ2) is 9.04. The minimum Gasteiger partial charge on any atom is -0.465 e. The van der Waals surface area contributed by atoms with Gasteiger partial charge < -0.3 is 14.6 Å². The zero-order valence-corrected chi connectivity index (χ0v) is 16.3. The fraction of sp³-hybridized carbons (Fsp3) is 0.381. The van der Waals surface area contributed by atoms with Crippen LogP contribution in [0, 0.1) is 18.3 Å². The Balaban J connectivity index is 2.34.